The lowest BCUT2D eigenvalue weighted by molar-refractivity contribution is 0.408. The number of pyridine rings is 1. The van der Waals surface area contributed by atoms with Crippen LogP contribution in [0.15, 0.2) is 46.7 Å². The lowest BCUT2D eigenvalue weighted by Gasteiger charge is -2.11. The molecule has 0 unspecified atom stereocenters. The van der Waals surface area contributed by atoms with Gasteiger partial charge in [0.05, 0.1) is 19.0 Å². The number of hydrogen-bond acceptors (Lipinski definition) is 3. The predicted octanol–water partition coefficient (Wildman–Crippen LogP) is 3.43. The maximum Gasteiger partial charge on any atom is 0.259 e. The van der Waals surface area contributed by atoms with Crippen LogP contribution in [-0.4, -0.2) is 11.7 Å². The van der Waals surface area contributed by atoms with Crippen molar-refractivity contribution in [3.63, 3.8) is 0 Å². The minimum Gasteiger partial charge on any atom is -0.496 e. The molecule has 0 radical (unpaired) electrons. The third-order valence-electron chi connectivity index (χ3n) is 3.37. The van der Waals surface area contributed by atoms with Crippen molar-refractivity contribution >= 4 is 21.4 Å². The van der Waals surface area contributed by atoms with Crippen molar-refractivity contribution in [2.45, 2.75) is 13.5 Å². The molecule has 0 saturated heterocycles. The first-order valence-corrected chi connectivity index (χ1v) is 7.27. The third-order valence-corrected chi connectivity index (χ3v) is 4.25. The van der Waals surface area contributed by atoms with E-state index in [4.69, 9.17) is 4.74 Å². The molecule has 102 valence electrons. The zero-order valence-corrected chi connectivity index (χ0v) is 12.2. The number of aryl methyl sites for hydroxylation is 1. The minimum atomic E-state index is 0.0484. The Labute approximate surface area is 121 Å². The highest BCUT2D eigenvalue weighted by Crippen LogP contribution is 2.21. The smallest absolute Gasteiger partial charge is 0.259 e. The number of thiophene rings is 1. The standard InChI is InChI=1S/C16H15NO2S/c1-11-3-4-14(19-2)12(9-11)10-17-7-5-15-13(16(17)18)6-8-20-15/h3-9H,10H2,1-2H3. The molecule has 1 aromatic carbocycles. The number of hydrogen-bond donors (Lipinski definition) is 0. The van der Waals surface area contributed by atoms with Crippen molar-refractivity contribution < 1.29 is 4.74 Å². The molecule has 3 aromatic rings. The Bertz CT molecular complexity index is 817. The third kappa shape index (κ3) is 2.23. The molecular formula is C16H15NO2S. The van der Waals surface area contributed by atoms with E-state index in [2.05, 4.69) is 6.07 Å². The zero-order chi connectivity index (χ0) is 14.1. The van der Waals surface area contributed by atoms with E-state index >= 15 is 0 Å². The highest BCUT2D eigenvalue weighted by Gasteiger charge is 2.08. The van der Waals surface area contributed by atoms with Crippen LogP contribution >= 0.6 is 11.3 Å². The lowest BCUT2D eigenvalue weighted by atomic mass is 10.1. The summed E-state index contributed by atoms with van der Waals surface area (Å²) in [5.41, 5.74) is 2.22. The van der Waals surface area contributed by atoms with Crippen molar-refractivity contribution in [2.75, 3.05) is 7.11 Å². The summed E-state index contributed by atoms with van der Waals surface area (Å²) in [6.45, 7) is 2.56. The fourth-order valence-corrected chi connectivity index (χ4v) is 3.12. The molecule has 0 saturated carbocycles. The summed E-state index contributed by atoms with van der Waals surface area (Å²) in [5.74, 6) is 0.813. The fourth-order valence-electron chi connectivity index (χ4n) is 2.35. The molecule has 4 heteroatoms. The molecule has 0 fully saturated rings. The van der Waals surface area contributed by atoms with E-state index in [1.807, 2.05) is 42.8 Å². The van der Waals surface area contributed by atoms with Gasteiger partial charge in [-0.2, -0.15) is 0 Å². The van der Waals surface area contributed by atoms with Crippen LogP contribution in [0.25, 0.3) is 10.1 Å². The Morgan fingerprint density at radius 1 is 1.25 bits per heavy atom. The number of fused-ring (bicyclic) bond motifs is 1. The quantitative estimate of drug-likeness (QED) is 0.738. The largest absolute Gasteiger partial charge is 0.496 e. The minimum absolute atomic E-state index is 0.0484. The summed E-state index contributed by atoms with van der Waals surface area (Å²) >= 11 is 1.59. The first-order chi connectivity index (χ1) is 9.69. The molecule has 0 N–H and O–H groups in total. The molecule has 3 rings (SSSR count). The summed E-state index contributed by atoms with van der Waals surface area (Å²) < 4.78 is 8.13. The molecule has 0 bridgehead atoms. The van der Waals surface area contributed by atoms with Crippen LogP contribution in [-0.2, 0) is 6.54 Å². The van der Waals surface area contributed by atoms with Gasteiger partial charge in [0.15, 0.2) is 0 Å². The summed E-state index contributed by atoms with van der Waals surface area (Å²) in [6, 6.07) is 9.88. The van der Waals surface area contributed by atoms with Crippen molar-refractivity contribution in [2.24, 2.45) is 0 Å². The average molecular weight is 285 g/mol. The predicted molar refractivity (Wildman–Crippen MR) is 82.9 cm³/mol. The summed E-state index contributed by atoms with van der Waals surface area (Å²) in [4.78, 5) is 12.4. The molecular weight excluding hydrogens is 270 g/mol. The highest BCUT2D eigenvalue weighted by molar-refractivity contribution is 7.17. The number of rotatable bonds is 3. The Balaban J connectivity index is 2.07. The number of benzene rings is 1. The van der Waals surface area contributed by atoms with Gasteiger partial charge in [-0.05, 0) is 30.5 Å². The van der Waals surface area contributed by atoms with Gasteiger partial charge in [0.2, 0.25) is 0 Å². The monoisotopic (exact) mass is 285 g/mol. The van der Waals surface area contributed by atoms with Gasteiger partial charge in [-0.3, -0.25) is 4.79 Å². The van der Waals surface area contributed by atoms with E-state index in [0.29, 0.717) is 6.54 Å². The Morgan fingerprint density at radius 3 is 2.90 bits per heavy atom. The van der Waals surface area contributed by atoms with Crippen molar-refractivity contribution in [3.05, 3.63) is 63.4 Å². The van der Waals surface area contributed by atoms with Crippen LogP contribution < -0.4 is 10.3 Å². The van der Waals surface area contributed by atoms with Gasteiger partial charge in [0.25, 0.3) is 5.56 Å². The second-order valence-electron chi connectivity index (χ2n) is 4.76. The van der Waals surface area contributed by atoms with Crippen LogP contribution in [0.3, 0.4) is 0 Å². The van der Waals surface area contributed by atoms with Gasteiger partial charge < -0.3 is 9.30 Å². The molecule has 3 nitrogen and oxygen atoms in total. The van der Waals surface area contributed by atoms with Crippen LogP contribution in [0.4, 0.5) is 0 Å². The topological polar surface area (TPSA) is 31.2 Å². The van der Waals surface area contributed by atoms with Gasteiger partial charge in [0, 0.05) is 16.5 Å². The molecule has 0 atom stereocenters. The lowest BCUT2D eigenvalue weighted by Crippen LogP contribution is -2.19. The van der Waals surface area contributed by atoms with E-state index < -0.39 is 0 Å². The number of aromatic nitrogens is 1. The summed E-state index contributed by atoms with van der Waals surface area (Å²) in [7, 11) is 1.65. The molecule has 0 aliphatic carbocycles. The maximum atomic E-state index is 12.4. The van der Waals surface area contributed by atoms with E-state index in [1.54, 1.807) is 23.0 Å². The zero-order valence-electron chi connectivity index (χ0n) is 11.4. The van der Waals surface area contributed by atoms with E-state index in [1.165, 1.54) is 0 Å². The van der Waals surface area contributed by atoms with E-state index in [9.17, 15) is 4.79 Å². The average Bonchev–Trinajstić information content (AvgIpc) is 2.91. The van der Waals surface area contributed by atoms with Gasteiger partial charge in [-0.1, -0.05) is 17.7 Å². The van der Waals surface area contributed by atoms with Crippen molar-refractivity contribution in [1.82, 2.24) is 4.57 Å². The van der Waals surface area contributed by atoms with Crippen LogP contribution in [0, 0.1) is 6.92 Å². The number of methoxy groups -OCH3 is 1. The normalized spacial score (nSPS) is 10.9. The first kappa shape index (κ1) is 12.9. The van der Waals surface area contributed by atoms with E-state index in [-0.39, 0.29) is 5.56 Å². The maximum absolute atomic E-state index is 12.4. The second kappa shape index (κ2) is 5.13. The van der Waals surface area contributed by atoms with Crippen molar-refractivity contribution in [3.8, 4) is 5.75 Å². The van der Waals surface area contributed by atoms with Crippen molar-refractivity contribution in [1.29, 1.82) is 0 Å². The van der Waals surface area contributed by atoms with Crippen LogP contribution in [0.1, 0.15) is 11.1 Å². The molecule has 0 amide bonds. The molecule has 0 aliphatic rings. The Kier molecular flexibility index (Phi) is 3.32. The molecule has 0 spiro atoms. The van der Waals surface area contributed by atoms with Crippen LogP contribution in [0.2, 0.25) is 0 Å². The fraction of sp³-hybridized carbons (Fsp3) is 0.188. The molecule has 0 aliphatic heterocycles. The molecule has 2 heterocycles. The highest BCUT2D eigenvalue weighted by atomic mass is 32.1. The van der Waals surface area contributed by atoms with Gasteiger partial charge >= 0.3 is 0 Å². The molecule has 20 heavy (non-hydrogen) atoms. The van der Waals surface area contributed by atoms with E-state index in [0.717, 1.165) is 27.0 Å². The van der Waals surface area contributed by atoms with Gasteiger partial charge in [-0.25, -0.2) is 0 Å². The Hall–Kier alpha value is -2.07. The number of nitrogens with zero attached hydrogens (tertiary/aromatic N) is 1. The summed E-state index contributed by atoms with van der Waals surface area (Å²) in [5, 5.41) is 2.73. The van der Waals surface area contributed by atoms with Gasteiger partial charge in [0.1, 0.15) is 5.75 Å². The molecule has 2 aromatic heterocycles. The van der Waals surface area contributed by atoms with Crippen LogP contribution in [0.5, 0.6) is 5.75 Å². The number of ether oxygens (including phenoxy) is 1. The Morgan fingerprint density at radius 2 is 2.10 bits per heavy atom. The first-order valence-electron chi connectivity index (χ1n) is 6.39. The van der Waals surface area contributed by atoms with Gasteiger partial charge in [-0.15, -0.1) is 11.3 Å². The second-order valence-corrected chi connectivity index (χ2v) is 5.71. The SMILES string of the molecule is COc1ccc(C)cc1Cn1ccc2sccc2c1=O. The summed E-state index contributed by atoms with van der Waals surface area (Å²) in [6.07, 6.45) is 1.85.